The van der Waals surface area contributed by atoms with E-state index in [0.29, 0.717) is 71.7 Å². The van der Waals surface area contributed by atoms with Gasteiger partial charge in [-0.2, -0.15) is 0 Å². The monoisotopic (exact) mass is 709 g/mol. The van der Waals surface area contributed by atoms with Crippen LogP contribution in [0, 0.1) is 6.92 Å². The van der Waals surface area contributed by atoms with Crippen molar-refractivity contribution < 1.29 is 28.6 Å². The van der Waals surface area contributed by atoms with Crippen molar-refractivity contribution in [2.24, 2.45) is 0 Å². The predicted octanol–water partition coefficient (Wildman–Crippen LogP) is 4.76. The van der Waals surface area contributed by atoms with Gasteiger partial charge in [0.25, 0.3) is 11.8 Å². The lowest BCUT2D eigenvalue weighted by Crippen LogP contribution is -2.44. The highest BCUT2D eigenvalue weighted by atomic mass is 16.5. The summed E-state index contributed by atoms with van der Waals surface area (Å²) in [6, 6.07) is 16.1. The van der Waals surface area contributed by atoms with E-state index in [0.717, 1.165) is 68.9 Å². The number of aryl methyl sites for hydroxylation is 1. The number of nitrogens with one attached hydrogen (secondary N) is 2. The Morgan fingerprint density at radius 1 is 1.00 bits per heavy atom. The number of benzene rings is 3. The van der Waals surface area contributed by atoms with Gasteiger partial charge in [-0.3, -0.25) is 9.59 Å². The largest absolute Gasteiger partial charge is 0.495 e. The van der Waals surface area contributed by atoms with Gasteiger partial charge in [0.05, 0.1) is 55.1 Å². The lowest BCUT2D eigenvalue weighted by molar-refractivity contribution is 0.0990. The summed E-state index contributed by atoms with van der Waals surface area (Å²) in [5.41, 5.74) is 4.90. The van der Waals surface area contributed by atoms with Crippen LogP contribution >= 0.6 is 0 Å². The number of hydrogen-bond acceptors (Lipinski definition) is 10. The molecule has 0 bridgehead atoms. The van der Waals surface area contributed by atoms with Crippen LogP contribution in [-0.2, 0) is 9.53 Å². The van der Waals surface area contributed by atoms with E-state index in [1.807, 2.05) is 37.3 Å². The maximum absolute atomic E-state index is 13.8. The van der Waals surface area contributed by atoms with Crippen LogP contribution in [0.2, 0.25) is 0 Å². The Hall–Kier alpha value is -5.36. The lowest BCUT2D eigenvalue weighted by Gasteiger charge is -2.34. The number of imidazole rings is 1. The number of nitrogens with zero attached hydrogens (tertiary/aromatic N) is 5. The molecular formula is C39H47N7O6. The van der Waals surface area contributed by atoms with E-state index >= 15 is 0 Å². The number of rotatable bonds is 13. The molecule has 13 nitrogen and oxygen atoms in total. The molecule has 0 saturated carbocycles. The summed E-state index contributed by atoms with van der Waals surface area (Å²) in [5.74, 6) is 3.18. The minimum Gasteiger partial charge on any atom is -0.495 e. The second-order valence-corrected chi connectivity index (χ2v) is 13.2. The molecule has 3 heterocycles. The third kappa shape index (κ3) is 8.39. The maximum atomic E-state index is 13.8. The van der Waals surface area contributed by atoms with Crippen LogP contribution in [0.3, 0.4) is 0 Å². The number of unbranched alkanes of at least 4 members (excludes halogenated alkanes) is 1. The third-order valence-corrected chi connectivity index (χ3v) is 9.60. The number of likely N-dealkylation sites (N-methyl/N-ethyl adjacent to an activating group) is 1. The summed E-state index contributed by atoms with van der Waals surface area (Å²) in [7, 11) is 5.29. The topological polar surface area (TPSA) is 133 Å². The molecule has 2 saturated heterocycles. The Morgan fingerprint density at radius 2 is 1.79 bits per heavy atom. The molecule has 6 rings (SSSR count). The van der Waals surface area contributed by atoms with Gasteiger partial charge >= 0.3 is 0 Å². The van der Waals surface area contributed by atoms with Gasteiger partial charge in [0.15, 0.2) is 0 Å². The highest BCUT2D eigenvalue weighted by Crippen LogP contribution is 2.33. The molecule has 4 aromatic rings. The van der Waals surface area contributed by atoms with Gasteiger partial charge < -0.3 is 44.1 Å². The van der Waals surface area contributed by atoms with Crippen molar-refractivity contribution in [3.8, 4) is 11.5 Å². The smallest absolute Gasteiger partial charge is 0.258 e. The predicted molar refractivity (Wildman–Crippen MR) is 202 cm³/mol. The molecule has 274 valence electrons. The Bertz CT molecular complexity index is 1940. The number of allylic oxidation sites excluding steroid dienone is 1. The molecule has 0 spiro atoms. The Labute approximate surface area is 304 Å². The number of ether oxygens (including phenoxy) is 3. The van der Waals surface area contributed by atoms with Crippen molar-refractivity contribution >= 4 is 46.1 Å². The zero-order valence-electron chi connectivity index (χ0n) is 30.4. The fourth-order valence-electron chi connectivity index (χ4n) is 6.49. The minimum atomic E-state index is -0.348. The number of aromatic amines is 1. The Morgan fingerprint density at radius 3 is 2.54 bits per heavy atom. The first-order valence-electron chi connectivity index (χ1n) is 17.8. The van der Waals surface area contributed by atoms with E-state index in [4.69, 9.17) is 19.2 Å². The highest BCUT2D eigenvalue weighted by molar-refractivity contribution is 6.13. The van der Waals surface area contributed by atoms with Crippen LogP contribution < -0.4 is 24.6 Å². The molecule has 2 aliphatic rings. The second-order valence-electron chi connectivity index (χ2n) is 13.2. The average Bonchev–Trinajstić information content (AvgIpc) is 3.62. The summed E-state index contributed by atoms with van der Waals surface area (Å²) < 4.78 is 17.3. The van der Waals surface area contributed by atoms with Gasteiger partial charge in [-0.15, -0.1) is 0 Å². The number of morpholine rings is 1. The van der Waals surface area contributed by atoms with Crippen LogP contribution in [0.25, 0.3) is 11.0 Å². The van der Waals surface area contributed by atoms with E-state index in [1.165, 1.54) is 7.11 Å². The zero-order chi connectivity index (χ0) is 36.6. The van der Waals surface area contributed by atoms with Gasteiger partial charge in [0.1, 0.15) is 23.0 Å². The zero-order valence-corrected chi connectivity index (χ0v) is 30.4. The molecule has 3 aromatic carbocycles. The molecule has 52 heavy (non-hydrogen) atoms. The molecule has 1 aromatic heterocycles. The van der Waals surface area contributed by atoms with E-state index in [1.54, 1.807) is 36.2 Å². The number of hydrogen-bond donors (Lipinski definition) is 2. The summed E-state index contributed by atoms with van der Waals surface area (Å²) >= 11 is 0. The maximum Gasteiger partial charge on any atom is 0.258 e. The fourth-order valence-corrected chi connectivity index (χ4v) is 6.49. The van der Waals surface area contributed by atoms with E-state index in [-0.39, 0.29) is 11.8 Å². The number of piperazine rings is 1. The van der Waals surface area contributed by atoms with Crippen molar-refractivity contribution in [1.29, 1.82) is 0 Å². The van der Waals surface area contributed by atoms with Crippen LogP contribution in [-0.4, -0.2) is 118 Å². The number of anilines is 3. The second kappa shape index (κ2) is 16.8. The van der Waals surface area contributed by atoms with Crippen LogP contribution in [0.5, 0.6) is 11.5 Å². The van der Waals surface area contributed by atoms with Gasteiger partial charge in [0.2, 0.25) is 5.95 Å². The summed E-state index contributed by atoms with van der Waals surface area (Å²) in [6.07, 6.45) is 2.20. The number of H-pyrrole nitrogens is 1. The molecule has 2 N–H and O–H groups in total. The standard InChI is InChI=1S/C39H47N7O6/c1-27-11-14-33(35(24-27)52-21-6-5-8-29(26-47)45-17-15-43(2)16-18-45)44(3)38(49)28-12-13-31(34(25-28)50-4)40-37(48)30-9-7-10-32-36(30)42-39(41-32)46-19-22-51-23-20-46/h7,9-14,24-25H,5-6,8,15-23H2,1-4H3,(H,40,48)(H,41,42). The number of carbonyl (C=O) groups excluding carboxylic acids is 3. The number of methoxy groups -OCH3 is 1. The molecule has 0 atom stereocenters. The molecule has 13 heteroatoms. The first-order valence-corrected chi connectivity index (χ1v) is 17.8. The molecule has 0 unspecified atom stereocenters. The summed E-state index contributed by atoms with van der Waals surface area (Å²) in [4.78, 5) is 55.1. The first kappa shape index (κ1) is 36.4. The van der Waals surface area contributed by atoms with Crippen LogP contribution in [0.1, 0.15) is 45.5 Å². The number of fused-ring (bicyclic) bond motifs is 1. The van der Waals surface area contributed by atoms with Crippen molar-refractivity contribution in [3.05, 3.63) is 77.0 Å². The molecule has 2 fully saturated rings. The van der Waals surface area contributed by atoms with Crippen molar-refractivity contribution in [2.45, 2.75) is 26.2 Å². The summed E-state index contributed by atoms with van der Waals surface area (Å²) in [6.45, 7) is 8.65. The third-order valence-electron chi connectivity index (χ3n) is 9.60. The highest BCUT2D eigenvalue weighted by Gasteiger charge is 2.23. The molecular weight excluding hydrogens is 662 g/mol. The van der Waals surface area contributed by atoms with Gasteiger partial charge in [-0.25, -0.2) is 9.78 Å². The number of para-hydroxylation sites is 1. The lowest BCUT2D eigenvalue weighted by atomic mass is 10.1. The molecule has 0 radical (unpaired) electrons. The van der Waals surface area contributed by atoms with Crippen molar-refractivity contribution in [2.75, 3.05) is 95.4 Å². The molecule has 2 aliphatic heterocycles. The summed E-state index contributed by atoms with van der Waals surface area (Å²) in [5, 5.41) is 2.94. The number of aromatic nitrogens is 2. The quantitative estimate of drug-likeness (QED) is 0.148. The van der Waals surface area contributed by atoms with Crippen LogP contribution in [0.15, 0.2) is 60.3 Å². The van der Waals surface area contributed by atoms with Crippen LogP contribution in [0.4, 0.5) is 17.3 Å². The van der Waals surface area contributed by atoms with Crippen molar-refractivity contribution in [1.82, 2.24) is 19.8 Å². The van der Waals surface area contributed by atoms with E-state index in [9.17, 15) is 14.4 Å². The average molecular weight is 710 g/mol. The van der Waals surface area contributed by atoms with Crippen molar-refractivity contribution in [3.63, 3.8) is 0 Å². The molecule has 2 amide bonds. The van der Waals surface area contributed by atoms with E-state index in [2.05, 4.69) is 38.0 Å². The van der Waals surface area contributed by atoms with Gasteiger partial charge in [-0.05, 0) is 81.3 Å². The SMILES string of the molecule is COc1cc(C(=O)N(C)c2ccc(C)cc2OCCCCC(=C=O)N2CCN(C)CC2)ccc1NC(=O)c1cccc2[nH]c(N3CCOCC3)nc12. The first-order chi connectivity index (χ1) is 25.2. The van der Waals surface area contributed by atoms with Gasteiger partial charge in [0, 0.05) is 51.9 Å². The van der Waals surface area contributed by atoms with Gasteiger partial charge in [-0.1, -0.05) is 12.1 Å². The normalized spacial score (nSPS) is 14.9. The molecule has 0 aliphatic carbocycles. The number of carbonyl (C=O) groups is 2. The minimum absolute atomic E-state index is 0.269. The Kier molecular flexibility index (Phi) is 11.8. The number of amides is 2. The Balaban J connectivity index is 1.09. The fraction of sp³-hybridized carbons (Fsp3) is 0.410. The van der Waals surface area contributed by atoms with E-state index < -0.39 is 0 Å².